The molecule has 0 radical (unpaired) electrons. The minimum Gasteiger partial charge on any atom is -0.466 e. The van der Waals surface area contributed by atoms with Crippen molar-refractivity contribution in [3.05, 3.63) is 0 Å². The van der Waals surface area contributed by atoms with E-state index in [1.165, 1.54) is 122 Å². The monoisotopic (exact) mass is 465 g/mol. The van der Waals surface area contributed by atoms with Crippen molar-refractivity contribution in [2.45, 2.75) is 142 Å². The minimum atomic E-state index is -0.0204. The van der Waals surface area contributed by atoms with Gasteiger partial charge in [0.05, 0.1) is 6.61 Å². The molecule has 0 saturated heterocycles. The van der Waals surface area contributed by atoms with Gasteiger partial charge in [0.2, 0.25) is 0 Å². The first-order chi connectivity index (χ1) is 16.1. The highest BCUT2D eigenvalue weighted by molar-refractivity contribution is 5.69. The third kappa shape index (κ3) is 18.4. The molecule has 1 fully saturated rings. The number of carbonyl (C=O) groups excluding carboxylic acids is 1. The fraction of sp³-hybridized carbons (Fsp3) is 0.967. The molecule has 33 heavy (non-hydrogen) atoms. The van der Waals surface area contributed by atoms with Crippen LogP contribution in [0.15, 0.2) is 0 Å². The molecular formula is C30H59NO2. The van der Waals surface area contributed by atoms with Gasteiger partial charge in [0, 0.05) is 13.0 Å². The van der Waals surface area contributed by atoms with Crippen molar-refractivity contribution in [1.82, 2.24) is 4.90 Å². The van der Waals surface area contributed by atoms with Gasteiger partial charge in [-0.05, 0) is 64.5 Å². The zero-order chi connectivity index (χ0) is 24.2. The lowest BCUT2D eigenvalue weighted by Gasteiger charge is -2.21. The van der Waals surface area contributed by atoms with E-state index >= 15 is 0 Å². The maximum absolute atomic E-state index is 11.3. The number of hydrogen-bond acceptors (Lipinski definition) is 3. The van der Waals surface area contributed by atoms with E-state index in [1.807, 2.05) is 6.92 Å². The highest BCUT2D eigenvalue weighted by Crippen LogP contribution is 2.45. The van der Waals surface area contributed by atoms with Crippen LogP contribution in [-0.2, 0) is 9.53 Å². The molecule has 196 valence electrons. The Morgan fingerprint density at radius 1 is 0.758 bits per heavy atom. The number of hydrogen-bond donors (Lipinski definition) is 0. The summed E-state index contributed by atoms with van der Waals surface area (Å²) >= 11 is 0. The summed E-state index contributed by atoms with van der Waals surface area (Å²) in [5.74, 6) is 2.92. The van der Waals surface area contributed by atoms with Crippen LogP contribution in [0, 0.1) is 17.8 Å². The Labute approximate surface area is 207 Å². The highest BCUT2D eigenvalue weighted by atomic mass is 16.5. The zero-order valence-electron chi connectivity index (χ0n) is 23.1. The first kappa shape index (κ1) is 30.5. The second-order valence-electron chi connectivity index (χ2n) is 11.2. The molecule has 3 atom stereocenters. The molecule has 1 rings (SSSR count). The third-order valence-corrected chi connectivity index (χ3v) is 7.61. The van der Waals surface area contributed by atoms with Gasteiger partial charge in [-0.2, -0.15) is 0 Å². The molecule has 0 aromatic rings. The molecule has 1 saturated carbocycles. The van der Waals surface area contributed by atoms with Crippen LogP contribution in [-0.4, -0.2) is 38.1 Å². The van der Waals surface area contributed by atoms with Gasteiger partial charge in [-0.25, -0.2) is 0 Å². The van der Waals surface area contributed by atoms with E-state index in [0.717, 1.165) is 24.2 Å². The smallest absolute Gasteiger partial charge is 0.305 e. The molecule has 0 aromatic carbocycles. The Hall–Kier alpha value is -0.570. The van der Waals surface area contributed by atoms with E-state index in [9.17, 15) is 4.79 Å². The van der Waals surface area contributed by atoms with E-state index in [2.05, 4.69) is 25.9 Å². The van der Waals surface area contributed by atoms with E-state index in [1.54, 1.807) is 0 Å². The average Bonchev–Trinajstić information content (AvgIpc) is 3.52. The molecule has 1 aliphatic carbocycles. The van der Waals surface area contributed by atoms with Crippen molar-refractivity contribution in [2.24, 2.45) is 17.8 Å². The predicted octanol–water partition coefficient (Wildman–Crippen LogP) is 8.80. The van der Waals surface area contributed by atoms with Crippen molar-refractivity contribution in [1.29, 1.82) is 0 Å². The van der Waals surface area contributed by atoms with E-state index in [-0.39, 0.29) is 5.97 Å². The van der Waals surface area contributed by atoms with Gasteiger partial charge >= 0.3 is 5.97 Å². The average molecular weight is 466 g/mol. The lowest BCUT2D eigenvalue weighted by Crippen LogP contribution is -2.21. The SMILES string of the molecule is CCCCCCCC(CCCCCCCCC1CC1CCCCCC(=O)OCC)CN(C)C. The highest BCUT2D eigenvalue weighted by Gasteiger charge is 2.35. The Balaban J connectivity index is 1.90. The summed E-state index contributed by atoms with van der Waals surface area (Å²) in [6, 6.07) is 0. The van der Waals surface area contributed by atoms with Crippen molar-refractivity contribution >= 4 is 5.97 Å². The Morgan fingerprint density at radius 2 is 1.27 bits per heavy atom. The number of ether oxygens (including phenoxy) is 1. The van der Waals surface area contributed by atoms with Crippen LogP contribution < -0.4 is 0 Å². The Kier molecular flexibility index (Phi) is 19.2. The van der Waals surface area contributed by atoms with Crippen LogP contribution >= 0.6 is 0 Å². The quantitative estimate of drug-likeness (QED) is 0.105. The molecule has 1 aliphatic rings. The maximum Gasteiger partial charge on any atom is 0.305 e. The topological polar surface area (TPSA) is 29.5 Å². The molecule has 3 unspecified atom stereocenters. The number of rotatable bonds is 24. The number of carbonyl (C=O) groups is 1. The zero-order valence-corrected chi connectivity index (χ0v) is 23.1. The van der Waals surface area contributed by atoms with Gasteiger partial charge in [-0.3, -0.25) is 4.79 Å². The molecule has 0 spiro atoms. The predicted molar refractivity (Wildman–Crippen MR) is 144 cm³/mol. The number of nitrogens with zero attached hydrogens (tertiary/aromatic N) is 1. The van der Waals surface area contributed by atoms with Gasteiger partial charge < -0.3 is 9.64 Å². The molecular weight excluding hydrogens is 406 g/mol. The van der Waals surface area contributed by atoms with E-state index in [4.69, 9.17) is 4.74 Å². The van der Waals surface area contributed by atoms with Crippen molar-refractivity contribution in [3.8, 4) is 0 Å². The maximum atomic E-state index is 11.3. The van der Waals surface area contributed by atoms with Crippen molar-refractivity contribution in [3.63, 3.8) is 0 Å². The summed E-state index contributed by atoms with van der Waals surface area (Å²) in [4.78, 5) is 13.7. The molecule has 0 amide bonds. The third-order valence-electron chi connectivity index (χ3n) is 7.61. The Bertz CT molecular complexity index is 451. The number of esters is 1. The second-order valence-corrected chi connectivity index (χ2v) is 11.2. The second kappa shape index (κ2) is 20.8. The van der Waals surface area contributed by atoms with Crippen molar-refractivity contribution in [2.75, 3.05) is 27.2 Å². The molecule has 0 aliphatic heterocycles. The summed E-state index contributed by atoms with van der Waals surface area (Å²) in [6.45, 7) is 5.98. The van der Waals surface area contributed by atoms with Crippen LogP contribution in [0.2, 0.25) is 0 Å². The number of unbranched alkanes of at least 4 members (excludes halogenated alkanes) is 11. The summed E-state index contributed by atoms with van der Waals surface area (Å²) in [7, 11) is 4.47. The molecule has 3 nitrogen and oxygen atoms in total. The van der Waals surface area contributed by atoms with Crippen LogP contribution in [0.4, 0.5) is 0 Å². The van der Waals surface area contributed by atoms with Gasteiger partial charge in [0.15, 0.2) is 0 Å². The van der Waals surface area contributed by atoms with Gasteiger partial charge in [0.1, 0.15) is 0 Å². The molecule has 0 aromatic heterocycles. The molecule has 3 heteroatoms. The largest absolute Gasteiger partial charge is 0.466 e. The fourth-order valence-electron chi connectivity index (χ4n) is 5.53. The normalized spacial score (nSPS) is 18.6. The van der Waals surface area contributed by atoms with Gasteiger partial charge in [-0.15, -0.1) is 0 Å². The van der Waals surface area contributed by atoms with E-state index in [0.29, 0.717) is 13.0 Å². The first-order valence-corrected chi connectivity index (χ1v) is 14.9. The minimum absolute atomic E-state index is 0.0204. The standard InChI is InChI=1S/C30H59NO2/c1-5-7-8-11-15-20-27(26-31(3)4)21-16-12-9-10-13-17-22-28-25-29(28)23-18-14-19-24-30(32)33-6-2/h27-29H,5-26H2,1-4H3. The van der Waals surface area contributed by atoms with Crippen molar-refractivity contribution < 1.29 is 9.53 Å². The molecule has 0 heterocycles. The fourth-order valence-corrected chi connectivity index (χ4v) is 5.53. The molecule has 0 bridgehead atoms. The van der Waals surface area contributed by atoms with Gasteiger partial charge in [0.25, 0.3) is 0 Å². The summed E-state index contributed by atoms with van der Waals surface area (Å²) in [5, 5.41) is 0. The Morgan fingerprint density at radius 3 is 1.82 bits per heavy atom. The van der Waals surface area contributed by atoms with Crippen LogP contribution in [0.25, 0.3) is 0 Å². The van der Waals surface area contributed by atoms with Crippen LogP contribution in [0.3, 0.4) is 0 Å². The summed E-state index contributed by atoms with van der Waals surface area (Å²) in [5.41, 5.74) is 0. The van der Waals surface area contributed by atoms with Crippen LogP contribution in [0.1, 0.15) is 142 Å². The van der Waals surface area contributed by atoms with E-state index < -0.39 is 0 Å². The molecule has 0 N–H and O–H groups in total. The summed E-state index contributed by atoms with van der Waals surface area (Å²) < 4.78 is 4.99. The lowest BCUT2D eigenvalue weighted by molar-refractivity contribution is -0.143. The lowest BCUT2D eigenvalue weighted by atomic mass is 9.93. The van der Waals surface area contributed by atoms with Gasteiger partial charge in [-0.1, -0.05) is 103 Å². The summed E-state index contributed by atoms with van der Waals surface area (Å²) in [6.07, 6.45) is 27.1. The first-order valence-electron chi connectivity index (χ1n) is 14.9. The van der Waals surface area contributed by atoms with Crippen LogP contribution in [0.5, 0.6) is 0 Å².